The van der Waals surface area contributed by atoms with Crippen LogP contribution < -0.4 is 0 Å². The Morgan fingerprint density at radius 3 is 1.57 bits per heavy atom. The lowest BCUT2D eigenvalue weighted by atomic mass is 10.1. The average Bonchev–Trinajstić information content (AvgIpc) is 3.38. The second-order valence-electron chi connectivity index (χ2n) is 10.1. The first-order valence-electron chi connectivity index (χ1n) is 12.0. The molecule has 0 heterocycles. The molecule has 1 nitrogen and oxygen atoms in total. The van der Waals surface area contributed by atoms with E-state index in [1.165, 1.54) is 81.4 Å². The highest BCUT2D eigenvalue weighted by atomic mass is 28.3. The van der Waals surface area contributed by atoms with E-state index in [1.54, 1.807) is 0 Å². The van der Waals surface area contributed by atoms with Gasteiger partial charge in [-0.25, -0.2) is 0 Å². The van der Waals surface area contributed by atoms with Crippen molar-refractivity contribution >= 4 is 8.07 Å². The zero-order valence-electron chi connectivity index (χ0n) is 19.2. The summed E-state index contributed by atoms with van der Waals surface area (Å²) in [5.74, 6) is 0. The molecule has 0 saturated carbocycles. The molecule has 0 atom stereocenters. The molecule has 0 aromatic rings. The van der Waals surface area contributed by atoms with Gasteiger partial charge in [-0.1, -0.05) is 107 Å². The predicted octanol–water partition coefficient (Wildman–Crippen LogP) is 7.66. The van der Waals surface area contributed by atoms with Gasteiger partial charge in [-0.05, 0) is 30.3 Å². The highest BCUT2D eigenvalue weighted by Crippen LogP contribution is 2.44. The number of rotatable bonds is 15. The van der Waals surface area contributed by atoms with Gasteiger partial charge in [-0.3, -0.25) is 0 Å². The third-order valence-corrected chi connectivity index (χ3v) is 12.4. The molecule has 0 radical (unpaired) electrons. The van der Waals surface area contributed by atoms with Crippen LogP contribution in [-0.2, 0) is 0 Å². The zero-order chi connectivity index (χ0) is 20.3. The third kappa shape index (κ3) is 7.52. The van der Waals surface area contributed by atoms with Crippen molar-refractivity contribution in [2.45, 2.75) is 88.4 Å². The van der Waals surface area contributed by atoms with Gasteiger partial charge in [-0.15, -0.1) is 0 Å². The van der Waals surface area contributed by atoms with Crippen molar-refractivity contribution in [1.29, 1.82) is 0 Å². The van der Waals surface area contributed by atoms with Gasteiger partial charge >= 0.3 is 0 Å². The number of nitrogens with zero attached hydrogens (tertiary/aromatic N) is 1. The van der Waals surface area contributed by atoms with E-state index in [9.17, 15) is 0 Å². The van der Waals surface area contributed by atoms with Crippen LogP contribution in [-0.4, -0.2) is 39.7 Å². The molecule has 0 aliphatic heterocycles. The van der Waals surface area contributed by atoms with Crippen molar-refractivity contribution in [3.05, 3.63) is 48.6 Å². The maximum absolute atomic E-state index is 2.64. The molecule has 0 amide bonds. The molecule has 0 saturated heterocycles. The van der Waals surface area contributed by atoms with Crippen LogP contribution in [0, 0.1) is 0 Å². The number of unbranched alkanes of at least 4 members (excludes halogenated alkanes) is 7. The molecule has 2 aliphatic rings. The molecule has 2 heteroatoms. The van der Waals surface area contributed by atoms with Crippen molar-refractivity contribution in [3.8, 4) is 0 Å². The minimum atomic E-state index is -1.40. The number of hydrogen-bond acceptors (Lipinski definition) is 0. The van der Waals surface area contributed by atoms with E-state index in [0.717, 1.165) is 0 Å². The predicted molar refractivity (Wildman–Crippen MR) is 130 cm³/mol. The average molecular weight is 401 g/mol. The van der Waals surface area contributed by atoms with E-state index in [2.05, 4.69) is 76.2 Å². The molecule has 0 aromatic carbocycles. The van der Waals surface area contributed by atoms with Crippen LogP contribution >= 0.6 is 0 Å². The van der Waals surface area contributed by atoms with Crippen LogP contribution in [0.5, 0.6) is 0 Å². The SMILES string of the molecule is CCCCCCCCCC[N+](C)(C)CCC[Si](C)(C1C=CC=C1)C1C=CC=C1. The lowest BCUT2D eigenvalue weighted by Gasteiger charge is -2.37. The van der Waals surface area contributed by atoms with Crippen LogP contribution in [0.1, 0.15) is 64.7 Å². The van der Waals surface area contributed by atoms with Crippen LogP contribution in [0.2, 0.25) is 23.7 Å². The minimum Gasteiger partial charge on any atom is -0.328 e. The van der Waals surface area contributed by atoms with Crippen LogP contribution in [0.15, 0.2) is 48.6 Å². The zero-order valence-corrected chi connectivity index (χ0v) is 20.2. The quantitative estimate of drug-likeness (QED) is 0.150. The monoisotopic (exact) mass is 400 g/mol. The lowest BCUT2D eigenvalue weighted by Crippen LogP contribution is -2.44. The highest BCUT2D eigenvalue weighted by Gasteiger charge is 2.40. The summed E-state index contributed by atoms with van der Waals surface area (Å²) in [4.78, 5) is 0. The fourth-order valence-corrected chi connectivity index (χ4v) is 9.21. The summed E-state index contributed by atoms with van der Waals surface area (Å²) < 4.78 is 1.20. The summed E-state index contributed by atoms with van der Waals surface area (Å²) >= 11 is 0. The van der Waals surface area contributed by atoms with Gasteiger partial charge in [0, 0.05) is 0 Å². The van der Waals surface area contributed by atoms with Gasteiger partial charge in [-0.2, -0.15) is 0 Å². The van der Waals surface area contributed by atoms with Gasteiger partial charge < -0.3 is 4.48 Å². The van der Waals surface area contributed by atoms with Gasteiger partial charge in [0.1, 0.15) is 0 Å². The summed E-state index contributed by atoms with van der Waals surface area (Å²) in [6.07, 6.45) is 31.7. The van der Waals surface area contributed by atoms with Crippen LogP contribution in [0.3, 0.4) is 0 Å². The Balaban J connectivity index is 1.69. The Kier molecular flexibility index (Phi) is 10.0. The molecular weight excluding hydrogens is 354 g/mol. The summed E-state index contributed by atoms with van der Waals surface area (Å²) in [5.41, 5.74) is 1.43. The smallest absolute Gasteiger partial charge is 0.0782 e. The maximum atomic E-state index is 2.64. The molecule has 28 heavy (non-hydrogen) atoms. The first-order chi connectivity index (χ1) is 13.5. The van der Waals surface area contributed by atoms with E-state index in [0.29, 0.717) is 11.1 Å². The van der Waals surface area contributed by atoms with Crippen molar-refractivity contribution in [2.24, 2.45) is 0 Å². The minimum absolute atomic E-state index is 0.716. The number of allylic oxidation sites excluding steroid dienone is 8. The van der Waals surface area contributed by atoms with E-state index in [1.807, 2.05) is 0 Å². The van der Waals surface area contributed by atoms with Gasteiger partial charge in [0.25, 0.3) is 0 Å². The van der Waals surface area contributed by atoms with Crippen LogP contribution in [0.25, 0.3) is 0 Å². The Hall–Kier alpha value is -0.863. The fourth-order valence-electron chi connectivity index (χ4n) is 4.97. The van der Waals surface area contributed by atoms with Crippen molar-refractivity contribution in [1.82, 2.24) is 0 Å². The van der Waals surface area contributed by atoms with E-state index >= 15 is 0 Å². The Labute approximate surface area is 176 Å². The maximum Gasteiger partial charge on any atom is 0.0782 e. The van der Waals surface area contributed by atoms with E-state index in [4.69, 9.17) is 0 Å². The van der Waals surface area contributed by atoms with Crippen molar-refractivity contribution in [3.63, 3.8) is 0 Å². The molecule has 0 unspecified atom stereocenters. The lowest BCUT2D eigenvalue weighted by molar-refractivity contribution is -0.890. The van der Waals surface area contributed by atoms with E-state index < -0.39 is 8.07 Å². The number of hydrogen-bond donors (Lipinski definition) is 0. The number of quaternary nitrogens is 1. The summed E-state index contributed by atoms with van der Waals surface area (Å²) in [5, 5.41) is 0. The second kappa shape index (κ2) is 12.0. The first-order valence-corrected chi connectivity index (χ1v) is 14.9. The molecule has 0 bridgehead atoms. The standard InChI is InChI=1S/C26H46NSi/c1-5-6-7-8-9-10-11-16-22-27(2,3)23-17-24-28(4,25-18-12-13-19-25)26-20-14-15-21-26/h12-15,18-21,25-26H,5-11,16-17,22-24H2,1-4H3/q+1. The Morgan fingerprint density at radius 2 is 1.07 bits per heavy atom. The second-order valence-corrected chi connectivity index (χ2v) is 14.9. The van der Waals surface area contributed by atoms with Gasteiger partial charge in [0.05, 0.1) is 35.3 Å². The molecule has 158 valence electrons. The summed E-state index contributed by atoms with van der Waals surface area (Å²) in [7, 11) is 3.50. The van der Waals surface area contributed by atoms with Crippen molar-refractivity contribution < 1.29 is 4.48 Å². The van der Waals surface area contributed by atoms with Gasteiger partial charge in [0.2, 0.25) is 0 Å². The molecule has 2 aliphatic carbocycles. The summed E-state index contributed by atoms with van der Waals surface area (Å²) in [6, 6.07) is 1.44. The molecule has 0 N–H and O–H groups in total. The van der Waals surface area contributed by atoms with Crippen LogP contribution in [0.4, 0.5) is 0 Å². The molecular formula is C26H46NSi+. The largest absolute Gasteiger partial charge is 0.328 e. The topological polar surface area (TPSA) is 0 Å². The van der Waals surface area contributed by atoms with Crippen molar-refractivity contribution in [2.75, 3.05) is 27.2 Å². The summed E-state index contributed by atoms with van der Waals surface area (Å²) in [6.45, 7) is 7.62. The first kappa shape index (κ1) is 23.4. The van der Waals surface area contributed by atoms with Gasteiger partial charge in [0.15, 0.2) is 0 Å². The van der Waals surface area contributed by atoms with E-state index in [-0.39, 0.29) is 0 Å². The third-order valence-electron chi connectivity index (χ3n) is 7.11. The normalized spacial score (nSPS) is 17.4. The molecule has 2 rings (SSSR count). The molecule has 0 fully saturated rings. The highest BCUT2D eigenvalue weighted by molar-refractivity contribution is 6.83. The molecule has 0 aromatic heterocycles. The molecule has 0 spiro atoms. The Bertz CT molecular complexity index is 503. The fraction of sp³-hybridized carbons (Fsp3) is 0.692. The Morgan fingerprint density at radius 1 is 0.643 bits per heavy atom.